The van der Waals surface area contributed by atoms with Crippen LogP contribution in [0.1, 0.15) is 26.6 Å². The third-order valence-electron chi connectivity index (χ3n) is 3.70. The monoisotopic (exact) mass is 366 g/mol. The molecule has 0 radical (unpaired) electrons. The number of nitrogens with zero attached hydrogens (tertiary/aromatic N) is 1. The van der Waals surface area contributed by atoms with Crippen LogP contribution in [0, 0.1) is 13.8 Å². The van der Waals surface area contributed by atoms with Crippen molar-refractivity contribution in [2.45, 2.75) is 13.8 Å². The quantitative estimate of drug-likeness (QED) is 0.597. The third-order valence-corrected chi connectivity index (χ3v) is 4.54. The smallest absolute Gasteiger partial charge is 0.255 e. The molecule has 3 N–H and O–H groups in total. The van der Waals surface area contributed by atoms with Gasteiger partial charge in [0.05, 0.1) is 17.1 Å². The number of hydrogen-bond acceptors (Lipinski definition) is 4. The minimum Gasteiger partial charge on any atom is -0.322 e. The molecule has 26 heavy (non-hydrogen) atoms. The average molecular weight is 366 g/mol. The molecule has 0 atom stereocenters. The van der Waals surface area contributed by atoms with Gasteiger partial charge < -0.3 is 10.6 Å². The molecule has 7 heteroatoms. The highest BCUT2D eigenvalue weighted by molar-refractivity contribution is 7.10. The van der Waals surface area contributed by atoms with Gasteiger partial charge in [0, 0.05) is 22.2 Å². The Kier molecular flexibility index (Phi) is 5.28. The van der Waals surface area contributed by atoms with Crippen molar-refractivity contribution in [1.29, 1.82) is 0 Å². The second kappa shape index (κ2) is 7.79. The molecule has 2 aromatic heterocycles. The van der Waals surface area contributed by atoms with Crippen molar-refractivity contribution < 1.29 is 9.59 Å². The number of carbonyl (C=O) groups excluding carboxylic acids is 2. The zero-order valence-electron chi connectivity index (χ0n) is 14.4. The molecule has 0 fully saturated rings. The van der Waals surface area contributed by atoms with Crippen LogP contribution in [0.15, 0.2) is 47.9 Å². The molecule has 0 bridgehead atoms. The van der Waals surface area contributed by atoms with Crippen LogP contribution in [-0.4, -0.2) is 22.0 Å². The number of aromatic amines is 1. The van der Waals surface area contributed by atoms with Gasteiger partial charge in [0.1, 0.15) is 0 Å². The van der Waals surface area contributed by atoms with Gasteiger partial charge in [-0.1, -0.05) is 12.1 Å². The fourth-order valence-corrected chi connectivity index (χ4v) is 3.00. The number of H-pyrrole nitrogens is 1. The van der Waals surface area contributed by atoms with Crippen LogP contribution in [-0.2, 0) is 4.79 Å². The Morgan fingerprint density at radius 2 is 2.00 bits per heavy atom. The Morgan fingerprint density at radius 1 is 1.15 bits per heavy atom. The summed E-state index contributed by atoms with van der Waals surface area (Å²) in [5.41, 5.74) is 3.19. The number of aromatic nitrogens is 2. The van der Waals surface area contributed by atoms with Crippen molar-refractivity contribution in [1.82, 2.24) is 10.2 Å². The van der Waals surface area contributed by atoms with Crippen molar-refractivity contribution in [3.8, 4) is 0 Å². The molecule has 1 aromatic carbocycles. The van der Waals surface area contributed by atoms with Crippen LogP contribution < -0.4 is 10.6 Å². The average Bonchev–Trinajstić information content (AvgIpc) is 3.25. The van der Waals surface area contributed by atoms with Crippen molar-refractivity contribution in [2.24, 2.45) is 0 Å². The summed E-state index contributed by atoms with van der Waals surface area (Å²) in [4.78, 5) is 25.5. The fraction of sp³-hybridized carbons (Fsp3) is 0.105. The summed E-state index contributed by atoms with van der Waals surface area (Å²) in [7, 11) is 0. The number of rotatable bonds is 5. The van der Waals surface area contributed by atoms with E-state index in [2.05, 4.69) is 20.8 Å². The zero-order chi connectivity index (χ0) is 18.5. The first-order valence-corrected chi connectivity index (χ1v) is 8.86. The van der Waals surface area contributed by atoms with Crippen molar-refractivity contribution in [3.63, 3.8) is 0 Å². The third kappa shape index (κ3) is 4.25. The number of anilines is 2. The van der Waals surface area contributed by atoms with Crippen LogP contribution >= 0.6 is 11.3 Å². The van der Waals surface area contributed by atoms with Gasteiger partial charge in [-0.2, -0.15) is 5.10 Å². The maximum atomic E-state index is 12.5. The molecule has 132 valence electrons. The molecule has 0 spiro atoms. The molecule has 6 nitrogen and oxygen atoms in total. The number of hydrogen-bond donors (Lipinski definition) is 3. The first kappa shape index (κ1) is 17.6. The lowest BCUT2D eigenvalue weighted by Gasteiger charge is -2.07. The van der Waals surface area contributed by atoms with Gasteiger partial charge in [-0.3, -0.25) is 14.7 Å². The molecule has 0 saturated heterocycles. The summed E-state index contributed by atoms with van der Waals surface area (Å²) in [6.45, 7) is 3.65. The number of amides is 2. The SMILES string of the molecule is Cc1n[nH]c(C)c1NC(=O)c1cccc(NC(=O)/C=C/c2cccs2)c1. The van der Waals surface area contributed by atoms with Crippen LogP contribution in [0.3, 0.4) is 0 Å². The molecular weight excluding hydrogens is 348 g/mol. The van der Waals surface area contributed by atoms with Gasteiger partial charge in [0.15, 0.2) is 0 Å². The highest BCUT2D eigenvalue weighted by atomic mass is 32.1. The van der Waals surface area contributed by atoms with E-state index in [-0.39, 0.29) is 11.8 Å². The standard InChI is InChI=1S/C19H18N4O2S/c1-12-18(13(2)23-22-12)21-19(25)14-5-3-6-15(11-14)20-17(24)9-8-16-7-4-10-26-16/h3-11H,1-2H3,(H,20,24)(H,21,25)(H,22,23)/b9-8+. The largest absolute Gasteiger partial charge is 0.322 e. The molecule has 3 aromatic rings. The summed E-state index contributed by atoms with van der Waals surface area (Å²) in [5, 5.41) is 14.4. The Bertz CT molecular complexity index is 938. The first-order chi connectivity index (χ1) is 12.5. The highest BCUT2D eigenvalue weighted by Gasteiger charge is 2.12. The predicted molar refractivity (Wildman–Crippen MR) is 104 cm³/mol. The molecule has 2 heterocycles. The molecule has 0 aliphatic rings. The van der Waals surface area contributed by atoms with E-state index in [1.807, 2.05) is 31.4 Å². The molecule has 2 amide bonds. The van der Waals surface area contributed by atoms with E-state index in [1.165, 1.54) is 6.08 Å². The molecule has 0 saturated carbocycles. The van der Waals surface area contributed by atoms with Gasteiger partial charge in [-0.05, 0) is 49.6 Å². The minimum absolute atomic E-state index is 0.252. The van der Waals surface area contributed by atoms with Crippen molar-refractivity contribution in [3.05, 3.63) is 69.7 Å². The highest BCUT2D eigenvalue weighted by Crippen LogP contribution is 2.18. The molecule has 3 rings (SSSR count). The van der Waals surface area contributed by atoms with E-state index >= 15 is 0 Å². The first-order valence-electron chi connectivity index (χ1n) is 7.98. The lowest BCUT2D eigenvalue weighted by atomic mass is 10.1. The fourth-order valence-electron chi connectivity index (χ4n) is 2.39. The number of aryl methyl sites for hydroxylation is 2. The Hall–Kier alpha value is -3.19. The number of benzene rings is 1. The van der Waals surface area contributed by atoms with E-state index in [4.69, 9.17) is 0 Å². The van der Waals surface area contributed by atoms with Crippen LogP contribution in [0.2, 0.25) is 0 Å². The van der Waals surface area contributed by atoms with E-state index in [0.717, 1.165) is 16.3 Å². The Labute approximate surface area is 155 Å². The second-order valence-corrected chi connectivity index (χ2v) is 6.66. The topological polar surface area (TPSA) is 86.9 Å². The molecule has 0 aliphatic carbocycles. The molecule has 0 aliphatic heterocycles. The van der Waals surface area contributed by atoms with Gasteiger partial charge in [0.2, 0.25) is 5.91 Å². The summed E-state index contributed by atoms with van der Waals surface area (Å²) in [5.74, 6) is -0.514. The maximum absolute atomic E-state index is 12.5. The molecular formula is C19H18N4O2S. The van der Waals surface area contributed by atoms with Gasteiger partial charge in [-0.15, -0.1) is 11.3 Å². The summed E-state index contributed by atoms with van der Waals surface area (Å²) in [6, 6.07) is 10.6. The Morgan fingerprint density at radius 3 is 2.69 bits per heavy atom. The van der Waals surface area contributed by atoms with Gasteiger partial charge in [0.25, 0.3) is 5.91 Å². The lowest BCUT2D eigenvalue weighted by molar-refractivity contribution is -0.111. The minimum atomic E-state index is -0.261. The van der Waals surface area contributed by atoms with Crippen molar-refractivity contribution in [2.75, 3.05) is 10.6 Å². The molecule has 0 unspecified atom stereocenters. The number of carbonyl (C=O) groups is 2. The van der Waals surface area contributed by atoms with Gasteiger partial charge >= 0.3 is 0 Å². The Balaban J connectivity index is 1.67. The van der Waals surface area contributed by atoms with E-state index in [0.29, 0.717) is 16.9 Å². The summed E-state index contributed by atoms with van der Waals surface area (Å²) in [6.07, 6.45) is 3.22. The van der Waals surface area contributed by atoms with Crippen LogP contribution in [0.4, 0.5) is 11.4 Å². The van der Waals surface area contributed by atoms with Crippen LogP contribution in [0.25, 0.3) is 6.08 Å². The lowest BCUT2D eigenvalue weighted by Crippen LogP contribution is -2.14. The van der Waals surface area contributed by atoms with Crippen molar-refractivity contribution >= 4 is 40.6 Å². The number of thiophene rings is 1. The summed E-state index contributed by atoms with van der Waals surface area (Å²) >= 11 is 1.55. The zero-order valence-corrected chi connectivity index (χ0v) is 15.2. The second-order valence-electron chi connectivity index (χ2n) is 5.68. The van der Waals surface area contributed by atoms with E-state index in [1.54, 1.807) is 41.7 Å². The summed E-state index contributed by atoms with van der Waals surface area (Å²) < 4.78 is 0. The predicted octanol–water partition coefficient (Wildman–Crippen LogP) is 3.99. The normalized spacial score (nSPS) is 10.8. The van der Waals surface area contributed by atoms with E-state index < -0.39 is 0 Å². The van der Waals surface area contributed by atoms with Crippen LogP contribution in [0.5, 0.6) is 0 Å². The number of nitrogens with one attached hydrogen (secondary N) is 3. The van der Waals surface area contributed by atoms with E-state index in [9.17, 15) is 9.59 Å². The van der Waals surface area contributed by atoms with Gasteiger partial charge in [-0.25, -0.2) is 0 Å². The maximum Gasteiger partial charge on any atom is 0.255 e.